The molecule has 1 aliphatic rings. The normalized spacial score (nSPS) is 23.0. The highest BCUT2D eigenvalue weighted by Crippen LogP contribution is 2.35. The van der Waals surface area contributed by atoms with Gasteiger partial charge in [0.2, 0.25) is 5.91 Å². The molecule has 0 radical (unpaired) electrons. The van der Waals surface area contributed by atoms with Crippen LogP contribution in [0, 0.1) is 24.7 Å². The van der Waals surface area contributed by atoms with Crippen molar-refractivity contribution in [3.05, 3.63) is 17.7 Å². The lowest BCUT2D eigenvalue weighted by Gasteiger charge is -2.37. The summed E-state index contributed by atoms with van der Waals surface area (Å²) < 4.78 is 16.6. The Labute approximate surface area is 157 Å². The summed E-state index contributed by atoms with van der Waals surface area (Å²) in [6.07, 6.45) is 3.63. The van der Waals surface area contributed by atoms with Gasteiger partial charge in [0.1, 0.15) is 6.61 Å². The number of nitrogens with one attached hydrogen (secondary N) is 1. The topological polar surface area (TPSA) is 56.8 Å². The van der Waals surface area contributed by atoms with E-state index in [0.29, 0.717) is 34.9 Å². The Hall–Kier alpha value is -1.75. The summed E-state index contributed by atoms with van der Waals surface area (Å²) in [4.78, 5) is 12.4. The van der Waals surface area contributed by atoms with Crippen molar-refractivity contribution in [1.29, 1.82) is 0 Å². The summed E-state index contributed by atoms with van der Waals surface area (Å²) in [5.74, 6) is 2.86. The van der Waals surface area contributed by atoms with Crippen molar-refractivity contribution in [1.82, 2.24) is 0 Å². The summed E-state index contributed by atoms with van der Waals surface area (Å²) in [6.45, 7) is 8.75. The van der Waals surface area contributed by atoms with Crippen LogP contribution in [0.2, 0.25) is 0 Å². The lowest BCUT2D eigenvalue weighted by molar-refractivity contribution is -0.126. The van der Waals surface area contributed by atoms with Gasteiger partial charge in [0.15, 0.2) is 11.5 Å². The number of methoxy groups -OCH3 is 2. The molecule has 1 amide bonds. The maximum Gasteiger partial charge on any atom is 0.250 e. The molecule has 0 aliphatic heterocycles. The standard InChI is InChI=1S/C21H33NO4/c1-13(2)16-8-7-14(3)9-18(16)26-12-21(23)22-17-11-20(25-6)19(24-5)10-15(17)4/h10-11,13-14,16,18H,7-9,12H2,1-6H3,(H,22,23)/t14-,16-,18-/m1/s1. The number of carbonyl (C=O) groups is 1. The van der Waals surface area contributed by atoms with Crippen LogP contribution in [0.15, 0.2) is 12.1 Å². The van der Waals surface area contributed by atoms with Gasteiger partial charge in [-0.25, -0.2) is 0 Å². The zero-order valence-electron chi connectivity index (χ0n) is 16.9. The molecule has 1 saturated carbocycles. The molecule has 0 heterocycles. The van der Waals surface area contributed by atoms with Gasteiger partial charge in [-0.15, -0.1) is 0 Å². The van der Waals surface area contributed by atoms with Crippen LogP contribution in [0.4, 0.5) is 5.69 Å². The molecule has 146 valence electrons. The van der Waals surface area contributed by atoms with Crippen LogP contribution in [0.5, 0.6) is 11.5 Å². The van der Waals surface area contributed by atoms with Crippen LogP contribution in [0.3, 0.4) is 0 Å². The average molecular weight is 363 g/mol. The molecule has 3 atom stereocenters. The number of hydrogen-bond acceptors (Lipinski definition) is 4. The zero-order chi connectivity index (χ0) is 19.3. The van der Waals surface area contributed by atoms with E-state index in [0.717, 1.165) is 12.0 Å². The monoisotopic (exact) mass is 363 g/mol. The molecule has 1 fully saturated rings. The van der Waals surface area contributed by atoms with Crippen molar-refractivity contribution in [2.45, 2.75) is 53.1 Å². The van der Waals surface area contributed by atoms with E-state index in [1.807, 2.05) is 13.0 Å². The molecular weight excluding hydrogens is 330 g/mol. The van der Waals surface area contributed by atoms with E-state index in [9.17, 15) is 4.79 Å². The summed E-state index contributed by atoms with van der Waals surface area (Å²) >= 11 is 0. The van der Waals surface area contributed by atoms with Crippen molar-refractivity contribution in [3.8, 4) is 11.5 Å². The van der Waals surface area contributed by atoms with Gasteiger partial charge in [-0.1, -0.05) is 27.2 Å². The number of benzene rings is 1. The first-order valence-corrected chi connectivity index (χ1v) is 9.49. The fourth-order valence-electron chi connectivity index (χ4n) is 3.79. The van der Waals surface area contributed by atoms with Gasteiger partial charge < -0.3 is 19.5 Å². The second kappa shape index (κ2) is 9.26. The third-order valence-corrected chi connectivity index (χ3v) is 5.39. The largest absolute Gasteiger partial charge is 0.493 e. The third kappa shape index (κ3) is 5.13. The van der Waals surface area contributed by atoms with Gasteiger partial charge in [0.25, 0.3) is 0 Å². The maximum atomic E-state index is 12.4. The molecule has 1 N–H and O–H groups in total. The van der Waals surface area contributed by atoms with E-state index in [1.54, 1.807) is 20.3 Å². The minimum Gasteiger partial charge on any atom is -0.493 e. The number of carbonyl (C=O) groups excluding carboxylic acids is 1. The first-order chi connectivity index (χ1) is 12.3. The number of amides is 1. The van der Waals surface area contributed by atoms with Gasteiger partial charge in [0.05, 0.1) is 20.3 Å². The molecule has 1 aromatic rings. The van der Waals surface area contributed by atoms with E-state index in [4.69, 9.17) is 14.2 Å². The number of hydrogen-bond donors (Lipinski definition) is 1. The maximum absolute atomic E-state index is 12.4. The van der Waals surface area contributed by atoms with Crippen molar-refractivity contribution in [2.24, 2.45) is 17.8 Å². The quantitative estimate of drug-likeness (QED) is 0.779. The number of anilines is 1. The molecule has 5 heteroatoms. The van der Waals surface area contributed by atoms with E-state index >= 15 is 0 Å². The van der Waals surface area contributed by atoms with Crippen LogP contribution < -0.4 is 14.8 Å². The number of rotatable bonds is 7. The van der Waals surface area contributed by atoms with Crippen LogP contribution in [-0.2, 0) is 9.53 Å². The molecule has 0 unspecified atom stereocenters. The lowest BCUT2D eigenvalue weighted by atomic mass is 9.75. The van der Waals surface area contributed by atoms with Crippen molar-refractivity contribution >= 4 is 11.6 Å². The highest BCUT2D eigenvalue weighted by Gasteiger charge is 2.31. The van der Waals surface area contributed by atoms with E-state index < -0.39 is 0 Å². The molecule has 0 bridgehead atoms. The van der Waals surface area contributed by atoms with Gasteiger partial charge in [-0.3, -0.25) is 4.79 Å². The highest BCUT2D eigenvalue weighted by atomic mass is 16.5. The van der Waals surface area contributed by atoms with E-state index in [-0.39, 0.29) is 18.6 Å². The van der Waals surface area contributed by atoms with Crippen molar-refractivity contribution in [3.63, 3.8) is 0 Å². The summed E-state index contributed by atoms with van der Waals surface area (Å²) in [5.41, 5.74) is 1.64. The molecule has 1 aromatic carbocycles. The molecule has 5 nitrogen and oxygen atoms in total. The number of aryl methyl sites for hydroxylation is 1. The number of ether oxygens (including phenoxy) is 3. The minimum atomic E-state index is -0.138. The summed E-state index contributed by atoms with van der Waals surface area (Å²) in [6, 6.07) is 3.64. The fraction of sp³-hybridized carbons (Fsp3) is 0.667. The molecule has 26 heavy (non-hydrogen) atoms. The first-order valence-electron chi connectivity index (χ1n) is 9.49. The van der Waals surface area contributed by atoms with Gasteiger partial charge in [-0.05, 0) is 49.1 Å². The molecule has 1 aliphatic carbocycles. The molecule has 0 saturated heterocycles. The average Bonchev–Trinajstić information content (AvgIpc) is 2.61. The zero-order valence-corrected chi connectivity index (χ0v) is 16.9. The Bertz CT molecular complexity index is 614. The van der Waals surface area contributed by atoms with Gasteiger partial charge in [0, 0.05) is 11.8 Å². The SMILES string of the molecule is COc1cc(C)c(NC(=O)CO[C@@H]2C[C@H](C)CC[C@@H]2C(C)C)cc1OC. The van der Waals surface area contributed by atoms with Crippen molar-refractivity contribution < 1.29 is 19.0 Å². The van der Waals surface area contributed by atoms with Crippen LogP contribution in [-0.4, -0.2) is 32.8 Å². The van der Waals surface area contributed by atoms with Crippen LogP contribution >= 0.6 is 0 Å². The minimum absolute atomic E-state index is 0.0778. The summed E-state index contributed by atoms with van der Waals surface area (Å²) in [5, 5.41) is 2.93. The first kappa shape index (κ1) is 20.6. The lowest BCUT2D eigenvalue weighted by Crippen LogP contribution is -2.36. The highest BCUT2D eigenvalue weighted by molar-refractivity contribution is 5.92. The predicted octanol–water partition coefficient (Wildman–Crippen LogP) is 4.43. The Morgan fingerprint density at radius 3 is 2.46 bits per heavy atom. The predicted molar refractivity (Wildman–Crippen MR) is 104 cm³/mol. The van der Waals surface area contributed by atoms with Crippen LogP contribution in [0.25, 0.3) is 0 Å². The molecule has 0 aromatic heterocycles. The second-order valence-corrected chi connectivity index (χ2v) is 7.75. The van der Waals surface area contributed by atoms with Crippen LogP contribution in [0.1, 0.15) is 45.6 Å². The summed E-state index contributed by atoms with van der Waals surface area (Å²) in [7, 11) is 3.18. The van der Waals surface area contributed by atoms with Crippen molar-refractivity contribution in [2.75, 3.05) is 26.1 Å². The fourth-order valence-corrected chi connectivity index (χ4v) is 3.79. The Morgan fingerprint density at radius 1 is 1.19 bits per heavy atom. The van der Waals surface area contributed by atoms with E-state index in [2.05, 4.69) is 26.1 Å². The molecule has 0 spiro atoms. The second-order valence-electron chi connectivity index (χ2n) is 7.75. The molecule has 2 rings (SSSR count). The Balaban J connectivity index is 1.98. The molecular formula is C21H33NO4. The Kier molecular flexibility index (Phi) is 7.33. The third-order valence-electron chi connectivity index (χ3n) is 5.39. The van der Waals surface area contributed by atoms with Gasteiger partial charge >= 0.3 is 0 Å². The Morgan fingerprint density at radius 2 is 1.85 bits per heavy atom. The van der Waals surface area contributed by atoms with E-state index in [1.165, 1.54) is 12.8 Å². The van der Waals surface area contributed by atoms with Gasteiger partial charge in [-0.2, -0.15) is 0 Å². The smallest absolute Gasteiger partial charge is 0.250 e.